The zero-order chi connectivity index (χ0) is 13.1. The van der Waals surface area contributed by atoms with Gasteiger partial charge in [0.25, 0.3) is 0 Å². The Kier molecular flexibility index (Phi) is 4.84. The van der Waals surface area contributed by atoms with Crippen molar-refractivity contribution in [3.05, 3.63) is 49.0 Å². The van der Waals surface area contributed by atoms with Crippen molar-refractivity contribution in [1.29, 1.82) is 0 Å². The molecule has 2 nitrogen and oxygen atoms in total. The van der Waals surface area contributed by atoms with Gasteiger partial charge in [-0.15, -0.1) is 11.3 Å². The SMILES string of the molecule is Cc1ccc(Br)cc1OC(CN)c1ccc(Br)s1. The monoisotopic (exact) mass is 389 g/mol. The third kappa shape index (κ3) is 3.35. The van der Waals surface area contributed by atoms with Crippen LogP contribution in [-0.4, -0.2) is 6.54 Å². The van der Waals surface area contributed by atoms with E-state index in [9.17, 15) is 0 Å². The van der Waals surface area contributed by atoms with Crippen LogP contribution in [0.4, 0.5) is 0 Å². The number of ether oxygens (including phenoxy) is 1. The maximum Gasteiger partial charge on any atom is 0.145 e. The van der Waals surface area contributed by atoms with Crippen LogP contribution >= 0.6 is 43.2 Å². The summed E-state index contributed by atoms with van der Waals surface area (Å²) in [5, 5.41) is 0. The summed E-state index contributed by atoms with van der Waals surface area (Å²) in [7, 11) is 0. The van der Waals surface area contributed by atoms with E-state index in [-0.39, 0.29) is 6.10 Å². The molecule has 0 saturated carbocycles. The normalized spacial score (nSPS) is 12.4. The van der Waals surface area contributed by atoms with Gasteiger partial charge < -0.3 is 10.5 Å². The molecule has 5 heteroatoms. The first-order valence-electron chi connectivity index (χ1n) is 5.48. The van der Waals surface area contributed by atoms with Crippen LogP contribution in [0.5, 0.6) is 5.75 Å². The van der Waals surface area contributed by atoms with Crippen LogP contribution in [0.15, 0.2) is 38.6 Å². The van der Waals surface area contributed by atoms with Crippen molar-refractivity contribution in [2.24, 2.45) is 5.73 Å². The Bertz CT molecular complexity index is 542. The molecule has 0 amide bonds. The lowest BCUT2D eigenvalue weighted by atomic mass is 10.2. The van der Waals surface area contributed by atoms with Gasteiger partial charge in [-0.1, -0.05) is 22.0 Å². The zero-order valence-corrected chi connectivity index (χ0v) is 13.8. The number of rotatable bonds is 4. The molecule has 0 aliphatic heterocycles. The average Bonchev–Trinajstić information content (AvgIpc) is 2.77. The molecule has 1 unspecified atom stereocenters. The van der Waals surface area contributed by atoms with Crippen molar-refractivity contribution in [2.75, 3.05) is 6.54 Å². The standard InChI is InChI=1S/C13H13Br2NOS/c1-8-2-3-9(14)6-10(8)17-11(7-16)12-4-5-13(15)18-12/h2-6,11H,7,16H2,1H3. The van der Waals surface area contributed by atoms with E-state index >= 15 is 0 Å². The number of nitrogens with two attached hydrogens (primary N) is 1. The molecule has 0 aliphatic carbocycles. The van der Waals surface area contributed by atoms with Gasteiger partial charge in [0.1, 0.15) is 11.9 Å². The molecular formula is C13H13Br2NOS. The zero-order valence-electron chi connectivity index (χ0n) is 9.82. The summed E-state index contributed by atoms with van der Waals surface area (Å²) in [6.45, 7) is 2.48. The van der Waals surface area contributed by atoms with Crippen LogP contribution in [0.2, 0.25) is 0 Å². The Morgan fingerprint density at radius 1 is 1.28 bits per heavy atom. The van der Waals surface area contributed by atoms with E-state index in [1.165, 1.54) is 0 Å². The predicted molar refractivity (Wildman–Crippen MR) is 83.3 cm³/mol. The molecule has 2 aromatic rings. The molecule has 0 aliphatic rings. The molecule has 18 heavy (non-hydrogen) atoms. The minimum absolute atomic E-state index is 0.103. The molecule has 0 saturated heterocycles. The van der Waals surface area contributed by atoms with Gasteiger partial charge in [0.2, 0.25) is 0 Å². The van der Waals surface area contributed by atoms with E-state index in [1.54, 1.807) is 11.3 Å². The van der Waals surface area contributed by atoms with Gasteiger partial charge in [-0.2, -0.15) is 0 Å². The summed E-state index contributed by atoms with van der Waals surface area (Å²) in [6.07, 6.45) is -0.103. The molecule has 0 spiro atoms. The first-order valence-corrected chi connectivity index (χ1v) is 7.88. The first kappa shape index (κ1) is 14.1. The van der Waals surface area contributed by atoms with Crippen molar-refractivity contribution < 1.29 is 4.74 Å². The third-order valence-electron chi connectivity index (χ3n) is 2.54. The fourth-order valence-corrected chi connectivity index (χ4v) is 3.38. The van der Waals surface area contributed by atoms with Crippen molar-refractivity contribution in [1.82, 2.24) is 0 Å². The Balaban J connectivity index is 2.22. The van der Waals surface area contributed by atoms with Crippen molar-refractivity contribution in [3.63, 3.8) is 0 Å². The highest BCUT2D eigenvalue weighted by molar-refractivity contribution is 9.11. The Hall–Kier alpha value is -0.360. The molecule has 0 radical (unpaired) electrons. The first-order chi connectivity index (χ1) is 8.60. The number of hydrogen-bond acceptors (Lipinski definition) is 3. The minimum atomic E-state index is -0.103. The predicted octanol–water partition coefficient (Wildman–Crippen LogP) is 4.66. The highest BCUT2D eigenvalue weighted by Gasteiger charge is 2.15. The Morgan fingerprint density at radius 3 is 2.67 bits per heavy atom. The van der Waals surface area contributed by atoms with E-state index in [1.807, 2.05) is 37.3 Å². The lowest BCUT2D eigenvalue weighted by Gasteiger charge is -2.17. The van der Waals surface area contributed by atoms with Crippen LogP contribution < -0.4 is 10.5 Å². The van der Waals surface area contributed by atoms with Gasteiger partial charge in [0, 0.05) is 15.9 Å². The Morgan fingerprint density at radius 2 is 2.06 bits per heavy atom. The number of aryl methyl sites for hydroxylation is 1. The van der Waals surface area contributed by atoms with Gasteiger partial charge in [0.05, 0.1) is 3.79 Å². The second-order valence-corrected chi connectivity index (χ2v) is 7.30. The summed E-state index contributed by atoms with van der Waals surface area (Å²) in [4.78, 5) is 1.13. The highest BCUT2D eigenvalue weighted by Crippen LogP contribution is 2.32. The summed E-state index contributed by atoms with van der Waals surface area (Å²) in [5.74, 6) is 0.865. The maximum absolute atomic E-state index is 6.01. The molecule has 0 bridgehead atoms. The summed E-state index contributed by atoms with van der Waals surface area (Å²) in [5.41, 5.74) is 6.91. The van der Waals surface area contributed by atoms with E-state index in [4.69, 9.17) is 10.5 Å². The second-order valence-electron chi connectivity index (χ2n) is 3.89. The molecule has 2 rings (SSSR count). The topological polar surface area (TPSA) is 35.2 Å². The number of benzene rings is 1. The van der Waals surface area contributed by atoms with Crippen molar-refractivity contribution in [2.45, 2.75) is 13.0 Å². The van der Waals surface area contributed by atoms with Crippen molar-refractivity contribution >= 4 is 43.2 Å². The molecule has 0 fully saturated rings. The summed E-state index contributed by atoms with van der Waals surface area (Å²) in [6, 6.07) is 10.1. The minimum Gasteiger partial charge on any atom is -0.483 e. The van der Waals surface area contributed by atoms with E-state index in [2.05, 4.69) is 31.9 Å². The largest absolute Gasteiger partial charge is 0.483 e. The Labute approximate surface area is 127 Å². The lowest BCUT2D eigenvalue weighted by molar-refractivity contribution is 0.216. The molecule has 2 N–H and O–H groups in total. The smallest absolute Gasteiger partial charge is 0.145 e. The number of thiophene rings is 1. The second kappa shape index (κ2) is 6.19. The molecule has 1 heterocycles. The molecule has 1 aromatic carbocycles. The van der Waals surface area contributed by atoms with Crippen LogP contribution in [0.25, 0.3) is 0 Å². The van der Waals surface area contributed by atoms with Crippen LogP contribution in [-0.2, 0) is 0 Å². The van der Waals surface area contributed by atoms with E-state index in [0.29, 0.717) is 6.54 Å². The fraction of sp³-hybridized carbons (Fsp3) is 0.231. The van der Waals surface area contributed by atoms with Crippen LogP contribution in [0, 0.1) is 6.92 Å². The fourth-order valence-electron chi connectivity index (χ4n) is 1.58. The highest BCUT2D eigenvalue weighted by atomic mass is 79.9. The van der Waals surface area contributed by atoms with Gasteiger partial charge in [-0.25, -0.2) is 0 Å². The molecule has 1 atom stereocenters. The molecular weight excluding hydrogens is 378 g/mol. The van der Waals surface area contributed by atoms with Crippen molar-refractivity contribution in [3.8, 4) is 5.75 Å². The average molecular weight is 391 g/mol. The van der Waals surface area contributed by atoms with Gasteiger partial charge >= 0.3 is 0 Å². The maximum atomic E-state index is 6.01. The number of halogens is 2. The quantitative estimate of drug-likeness (QED) is 0.823. The summed E-state index contributed by atoms with van der Waals surface area (Å²) < 4.78 is 8.10. The van der Waals surface area contributed by atoms with E-state index in [0.717, 1.165) is 24.4 Å². The van der Waals surface area contributed by atoms with E-state index < -0.39 is 0 Å². The van der Waals surface area contributed by atoms with Gasteiger partial charge in [-0.3, -0.25) is 0 Å². The molecule has 96 valence electrons. The van der Waals surface area contributed by atoms with Crippen LogP contribution in [0.1, 0.15) is 16.5 Å². The van der Waals surface area contributed by atoms with Gasteiger partial charge in [0.15, 0.2) is 0 Å². The number of hydrogen-bond donors (Lipinski definition) is 1. The van der Waals surface area contributed by atoms with Gasteiger partial charge in [-0.05, 0) is 52.7 Å². The lowest BCUT2D eigenvalue weighted by Crippen LogP contribution is -2.17. The summed E-state index contributed by atoms with van der Waals surface area (Å²) >= 11 is 8.56. The molecule has 1 aromatic heterocycles. The van der Waals surface area contributed by atoms with Crippen LogP contribution in [0.3, 0.4) is 0 Å². The third-order valence-corrected chi connectivity index (χ3v) is 4.75.